The van der Waals surface area contributed by atoms with E-state index in [-0.39, 0.29) is 28.4 Å². The molecule has 0 heterocycles. The number of allylic oxidation sites excluding steroid dienone is 2. The second-order valence-electron chi connectivity index (χ2n) is 9.75. The molecule has 7 atom stereocenters. The number of rotatable bonds is 1. The average Bonchev–Trinajstić information content (AvgIpc) is 2.91. The molecule has 0 saturated heterocycles. The molecule has 0 spiro atoms. The van der Waals surface area contributed by atoms with Crippen molar-refractivity contribution in [3.63, 3.8) is 0 Å². The van der Waals surface area contributed by atoms with Crippen LogP contribution in [0.2, 0.25) is 0 Å². The zero-order valence-electron chi connectivity index (χ0n) is 16.0. The topological polar surface area (TPSA) is 58.0 Å². The molecule has 1 unspecified atom stereocenters. The van der Waals surface area contributed by atoms with Gasteiger partial charge >= 0.3 is 0 Å². The summed E-state index contributed by atoms with van der Waals surface area (Å²) in [4.78, 5) is 24.4. The maximum Gasteiger partial charge on any atom is 0.176 e. The lowest BCUT2D eigenvalue weighted by Gasteiger charge is -2.59. The Balaban J connectivity index is 1.76. The van der Waals surface area contributed by atoms with E-state index in [4.69, 9.17) is 5.41 Å². The first-order valence-electron chi connectivity index (χ1n) is 10.0. The molecule has 4 aliphatic carbocycles. The van der Waals surface area contributed by atoms with E-state index in [1.54, 1.807) is 6.92 Å². The molecular weight excluding hydrogens is 310 g/mol. The molecule has 4 rings (SSSR count). The summed E-state index contributed by atoms with van der Waals surface area (Å²) in [5.74, 6) is 2.32. The van der Waals surface area contributed by atoms with E-state index >= 15 is 0 Å². The monoisotopic (exact) mass is 341 g/mol. The second kappa shape index (κ2) is 5.37. The van der Waals surface area contributed by atoms with Crippen molar-refractivity contribution in [2.24, 2.45) is 40.4 Å². The Labute approximate surface area is 151 Å². The fourth-order valence-electron chi connectivity index (χ4n) is 7.42. The van der Waals surface area contributed by atoms with Gasteiger partial charge < -0.3 is 5.41 Å². The van der Waals surface area contributed by atoms with Crippen molar-refractivity contribution in [2.45, 2.75) is 66.2 Å². The van der Waals surface area contributed by atoms with Crippen LogP contribution in [-0.4, -0.2) is 17.3 Å². The van der Waals surface area contributed by atoms with Crippen LogP contribution in [0.25, 0.3) is 0 Å². The summed E-state index contributed by atoms with van der Waals surface area (Å²) in [5, 5.41) is 8.38. The molecule has 1 N–H and O–H groups in total. The van der Waals surface area contributed by atoms with Gasteiger partial charge in [-0.1, -0.05) is 25.5 Å². The summed E-state index contributed by atoms with van der Waals surface area (Å²) in [5.41, 5.74) is 1.91. The molecule has 0 aliphatic heterocycles. The van der Waals surface area contributed by atoms with Crippen LogP contribution in [0.5, 0.6) is 0 Å². The lowest BCUT2D eigenvalue weighted by molar-refractivity contribution is -0.128. The molecule has 3 heteroatoms. The van der Waals surface area contributed by atoms with Gasteiger partial charge in [-0.15, -0.1) is 0 Å². The predicted octanol–water partition coefficient (Wildman–Crippen LogP) is 4.60. The van der Waals surface area contributed by atoms with E-state index in [0.29, 0.717) is 35.7 Å². The number of carbonyl (C=O) groups excluding carboxylic acids is 2. The largest absolute Gasteiger partial charge is 0.301 e. The number of carbonyl (C=O) groups is 2. The van der Waals surface area contributed by atoms with Crippen LogP contribution >= 0.6 is 0 Å². The highest BCUT2D eigenvalue weighted by Gasteiger charge is 2.61. The summed E-state index contributed by atoms with van der Waals surface area (Å²) in [6, 6.07) is 0. The van der Waals surface area contributed by atoms with Gasteiger partial charge in [-0.25, -0.2) is 0 Å². The third-order valence-electron chi connectivity index (χ3n) is 8.78. The van der Waals surface area contributed by atoms with Gasteiger partial charge in [0.15, 0.2) is 5.78 Å². The van der Waals surface area contributed by atoms with Gasteiger partial charge in [-0.3, -0.25) is 9.59 Å². The van der Waals surface area contributed by atoms with Crippen molar-refractivity contribution in [3.8, 4) is 0 Å². The average molecular weight is 341 g/mol. The lowest BCUT2D eigenvalue weighted by Crippen LogP contribution is -2.55. The second-order valence-corrected chi connectivity index (χ2v) is 9.75. The predicted molar refractivity (Wildman–Crippen MR) is 98.5 cm³/mol. The maximum absolute atomic E-state index is 12.2. The minimum Gasteiger partial charge on any atom is -0.301 e. The molecule has 0 radical (unpaired) electrons. The van der Waals surface area contributed by atoms with Crippen molar-refractivity contribution in [1.29, 1.82) is 5.41 Å². The standard InChI is InChI=1S/C22H31NO2/c1-12-11-17-20(23)18(25)8-10-22(17,4)16-7-9-21(3)14(13(2)24)5-6-15(21)19(12)16/h11,14-17,19,23H,5-10H2,1-4H3/t14-,15+,16+,17?,19+,21-,22-/m1/s1. The van der Waals surface area contributed by atoms with E-state index in [1.807, 2.05) is 0 Å². The Morgan fingerprint density at radius 2 is 1.80 bits per heavy atom. The van der Waals surface area contributed by atoms with Crippen LogP contribution in [-0.2, 0) is 9.59 Å². The third-order valence-corrected chi connectivity index (χ3v) is 8.78. The zero-order chi connectivity index (χ0) is 18.1. The van der Waals surface area contributed by atoms with Crippen LogP contribution in [0.3, 0.4) is 0 Å². The molecule has 3 nitrogen and oxygen atoms in total. The number of nitrogens with one attached hydrogen (secondary N) is 1. The van der Waals surface area contributed by atoms with Crippen LogP contribution in [0.4, 0.5) is 0 Å². The molecule has 0 aromatic heterocycles. The van der Waals surface area contributed by atoms with Crippen LogP contribution < -0.4 is 0 Å². The molecule has 3 fully saturated rings. The highest BCUT2D eigenvalue weighted by molar-refractivity contribution is 6.40. The highest BCUT2D eigenvalue weighted by Crippen LogP contribution is 2.66. The van der Waals surface area contributed by atoms with Gasteiger partial charge in [0.2, 0.25) is 0 Å². The minimum absolute atomic E-state index is 0.00404. The van der Waals surface area contributed by atoms with Gasteiger partial charge in [0, 0.05) is 18.3 Å². The van der Waals surface area contributed by atoms with Gasteiger partial charge in [-0.05, 0) is 74.5 Å². The molecule has 4 aliphatic rings. The van der Waals surface area contributed by atoms with Crippen molar-refractivity contribution < 1.29 is 9.59 Å². The van der Waals surface area contributed by atoms with Gasteiger partial charge in [0.25, 0.3) is 0 Å². The molecule has 3 saturated carbocycles. The summed E-state index contributed by atoms with van der Waals surface area (Å²) in [6.07, 6.45) is 8.18. The van der Waals surface area contributed by atoms with Crippen LogP contribution in [0, 0.1) is 45.8 Å². The van der Waals surface area contributed by atoms with Gasteiger partial charge in [0.1, 0.15) is 5.78 Å². The van der Waals surface area contributed by atoms with Crippen LogP contribution in [0.1, 0.15) is 66.2 Å². The molecule has 0 aromatic carbocycles. The number of hydrogen-bond acceptors (Lipinski definition) is 3. The first-order chi connectivity index (χ1) is 11.7. The first kappa shape index (κ1) is 17.2. The lowest BCUT2D eigenvalue weighted by atomic mass is 9.45. The quantitative estimate of drug-likeness (QED) is 0.709. The molecule has 0 bridgehead atoms. The molecule has 0 aromatic rings. The molecular formula is C22H31NO2. The van der Waals surface area contributed by atoms with Crippen LogP contribution in [0.15, 0.2) is 11.6 Å². The summed E-state index contributed by atoms with van der Waals surface area (Å²) in [7, 11) is 0. The molecule has 136 valence electrons. The minimum atomic E-state index is 0.00404. The van der Waals surface area contributed by atoms with E-state index < -0.39 is 0 Å². The fraction of sp³-hybridized carbons (Fsp3) is 0.773. The van der Waals surface area contributed by atoms with Gasteiger partial charge in [0.05, 0.1) is 5.71 Å². The zero-order valence-corrected chi connectivity index (χ0v) is 16.0. The Morgan fingerprint density at radius 1 is 1.12 bits per heavy atom. The summed E-state index contributed by atoms with van der Waals surface area (Å²) in [6.45, 7) is 8.69. The van der Waals surface area contributed by atoms with E-state index in [0.717, 1.165) is 32.1 Å². The normalized spacial score (nSPS) is 49.1. The van der Waals surface area contributed by atoms with Crippen molar-refractivity contribution in [1.82, 2.24) is 0 Å². The number of hydrogen-bond donors (Lipinski definition) is 1. The van der Waals surface area contributed by atoms with Gasteiger partial charge in [-0.2, -0.15) is 0 Å². The Hall–Kier alpha value is -1.25. The number of Topliss-reactive ketones (excluding diaryl/α,β-unsaturated/α-hetero) is 2. The highest BCUT2D eigenvalue weighted by atomic mass is 16.1. The Kier molecular flexibility index (Phi) is 3.69. The molecule has 0 amide bonds. The first-order valence-corrected chi connectivity index (χ1v) is 10.0. The third kappa shape index (κ3) is 2.13. The van der Waals surface area contributed by atoms with E-state index in [1.165, 1.54) is 5.57 Å². The number of ketones is 2. The molecule has 25 heavy (non-hydrogen) atoms. The Bertz CT molecular complexity index is 692. The maximum atomic E-state index is 12.2. The van der Waals surface area contributed by atoms with Crippen molar-refractivity contribution in [2.75, 3.05) is 0 Å². The SMILES string of the molecule is CC(=O)[C@H]1CC[C@H]2[C@@H]3C(C)=CC4C(=N)C(=O)CC[C@]4(C)[C@H]3CC[C@]12C. The number of fused-ring (bicyclic) bond motifs is 5. The smallest absolute Gasteiger partial charge is 0.176 e. The van der Waals surface area contributed by atoms with Crippen molar-refractivity contribution in [3.05, 3.63) is 11.6 Å². The van der Waals surface area contributed by atoms with Crippen molar-refractivity contribution >= 4 is 17.3 Å². The van der Waals surface area contributed by atoms with E-state index in [9.17, 15) is 9.59 Å². The summed E-state index contributed by atoms with van der Waals surface area (Å²) < 4.78 is 0. The Morgan fingerprint density at radius 3 is 2.48 bits per heavy atom. The summed E-state index contributed by atoms with van der Waals surface area (Å²) >= 11 is 0. The fourth-order valence-corrected chi connectivity index (χ4v) is 7.42. The van der Waals surface area contributed by atoms with E-state index in [2.05, 4.69) is 26.8 Å².